The van der Waals surface area contributed by atoms with Crippen LogP contribution in [0.1, 0.15) is 13.3 Å². The summed E-state index contributed by atoms with van der Waals surface area (Å²) in [6, 6.07) is 2.69. The average molecular weight is 175 g/mol. The summed E-state index contributed by atoms with van der Waals surface area (Å²) in [5, 5.41) is 0. The van der Waals surface area contributed by atoms with Crippen molar-refractivity contribution in [3.8, 4) is 0 Å². The first-order valence-electron chi connectivity index (χ1n) is 4.59. The van der Waals surface area contributed by atoms with Gasteiger partial charge in [0.2, 0.25) is 0 Å². The maximum absolute atomic E-state index is 5.42. The third kappa shape index (κ3) is 8.04. The molecule has 1 atom stereocenters. The average Bonchev–Trinajstić information content (AvgIpc) is 2.01. The Kier molecular flexibility index (Phi) is 8.34. The lowest BCUT2D eigenvalue weighted by molar-refractivity contribution is 0.161. The van der Waals surface area contributed by atoms with Crippen LogP contribution >= 0.6 is 0 Å². The predicted octanol–water partition coefficient (Wildman–Crippen LogP) is 1.23. The van der Waals surface area contributed by atoms with Gasteiger partial charge in [0, 0.05) is 22.0 Å². The SMILES string of the molecule is CCOCC[SiH](C)CCCN. The normalized spacial score (nSPS) is 13.4. The summed E-state index contributed by atoms with van der Waals surface area (Å²) >= 11 is 0. The molecule has 0 aliphatic heterocycles. The molecular formula is C8H21NOSi. The van der Waals surface area contributed by atoms with Crippen molar-refractivity contribution in [2.45, 2.75) is 32.0 Å². The topological polar surface area (TPSA) is 35.2 Å². The zero-order valence-corrected chi connectivity index (χ0v) is 8.96. The van der Waals surface area contributed by atoms with Gasteiger partial charge in [-0.25, -0.2) is 0 Å². The minimum Gasteiger partial charge on any atom is -0.382 e. The van der Waals surface area contributed by atoms with Gasteiger partial charge in [-0.1, -0.05) is 12.6 Å². The summed E-state index contributed by atoms with van der Waals surface area (Å²) in [6.07, 6.45) is 1.21. The van der Waals surface area contributed by atoms with Crippen LogP contribution in [0.5, 0.6) is 0 Å². The Labute approximate surface area is 71.7 Å². The summed E-state index contributed by atoms with van der Waals surface area (Å²) in [6.45, 7) is 7.12. The minimum atomic E-state index is -0.456. The summed E-state index contributed by atoms with van der Waals surface area (Å²) in [5.41, 5.74) is 5.42. The van der Waals surface area contributed by atoms with Crippen LogP contribution in [0.2, 0.25) is 18.6 Å². The zero-order valence-electron chi connectivity index (χ0n) is 7.81. The zero-order chi connectivity index (χ0) is 8.53. The van der Waals surface area contributed by atoms with Crippen molar-refractivity contribution < 1.29 is 4.74 Å². The molecule has 0 saturated carbocycles. The van der Waals surface area contributed by atoms with Gasteiger partial charge in [-0.15, -0.1) is 0 Å². The molecule has 0 heterocycles. The maximum atomic E-state index is 5.42. The Morgan fingerprint density at radius 1 is 1.36 bits per heavy atom. The second-order valence-corrected chi connectivity index (χ2v) is 6.39. The van der Waals surface area contributed by atoms with Crippen molar-refractivity contribution >= 4 is 8.80 Å². The standard InChI is InChI=1S/C8H21NOSi/c1-3-10-6-8-11(2)7-4-5-9/h11H,3-9H2,1-2H3. The summed E-state index contributed by atoms with van der Waals surface area (Å²) < 4.78 is 5.29. The van der Waals surface area contributed by atoms with Crippen LogP contribution in [0.15, 0.2) is 0 Å². The van der Waals surface area contributed by atoms with E-state index in [0.717, 1.165) is 19.8 Å². The van der Waals surface area contributed by atoms with Gasteiger partial charge < -0.3 is 10.5 Å². The molecule has 0 aliphatic carbocycles. The molecule has 0 aromatic carbocycles. The van der Waals surface area contributed by atoms with Gasteiger partial charge in [-0.3, -0.25) is 0 Å². The maximum Gasteiger partial charge on any atom is 0.0439 e. The largest absolute Gasteiger partial charge is 0.382 e. The molecule has 0 spiro atoms. The number of ether oxygens (including phenoxy) is 1. The number of rotatable bonds is 7. The van der Waals surface area contributed by atoms with Gasteiger partial charge in [0.05, 0.1) is 0 Å². The molecule has 0 aromatic rings. The van der Waals surface area contributed by atoms with Crippen LogP contribution in [-0.4, -0.2) is 28.6 Å². The predicted molar refractivity (Wildman–Crippen MR) is 52.8 cm³/mol. The number of nitrogens with two attached hydrogens (primary N) is 1. The molecule has 3 heteroatoms. The third-order valence-electron chi connectivity index (χ3n) is 1.86. The molecular weight excluding hydrogens is 154 g/mol. The van der Waals surface area contributed by atoms with Crippen molar-refractivity contribution in [3.63, 3.8) is 0 Å². The minimum absolute atomic E-state index is 0.456. The molecule has 0 fully saturated rings. The van der Waals surface area contributed by atoms with Crippen molar-refractivity contribution in [2.24, 2.45) is 5.73 Å². The fourth-order valence-electron chi connectivity index (χ4n) is 1.04. The Morgan fingerprint density at radius 3 is 2.64 bits per heavy atom. The second kappa shape index (κ2) is 8.24. The highest BCUT2D eigenvalue weighted by Crippen LogP contribution is 2.01. The van der Waals surface area contributed by atoms with E-state index in [-0.39, 0.29) is 0 Å². The van der Waals surface area contributed by atoms with E-state index in [0.29, 0.717) is 0 Å². The smallest absolute Gasteiger partial charge is 0.0439 e. The van der Waals surface area contributed by atoms with Crippen LogP contribution < -0.4 is 5.73 Å². The molecule has 11 heavy (non-hydrogen) atoms. The summed E-state index contributed by atoms with van der Waals surface area (Å²) in [4.78, 5) is 0. The van der Waals surface area contributed by atoms with E-state index < -0.39 is 8.80 Å². The molecule has 2 N–H and O–H groups in total. The van der Waals surface area contributed by atoms with Crippen molar-refractivity contribution in [1.82, 2.24) is 0 Å². The lowest BCUT2D eigenvalue weighted by Crippen LogP contribution is -2.12. The monoisotopic (exact) mass is 175 g/mol. The molecule has 0 radical (unpaired) electrons. The van der Waals surface area contributed by atoms with Crippen LogP contribution in [-0.2, 0) is 4.74 Å². The van der Waals surface area contributed by atoms with E-state index in [2.05, 4.69) is 6.55 Å². The van der Waals surface area contributed by atoms with Gasteiger partial charge in [-0.05, 0) is 25.9 Å². The van der Waals surface area contributed by atoms with Gasteiger partial charge in [0.1, 0.15) is 0 Å². The first-order valence-corrected chi connectivity index (χ1v) is 7.37. The van der Waals surface area contributed by atoms with Gasteiger partial charge >= 0.3 is 0 Å². The molecule has 1 unspecified atom stereocenters. The number of hydrogen-bond acceptors (Lipinski definition) is 2. The Morgan fingerprint density at radius 2 is 2.09 bits per heavy atom. The fourth-order valence-corrected chi connectivity index (χ4v) is 2.83. The molecule has 0 amide bonds. The third-order valence-corrected chi connectivity index (χ3v) is 4.48. The van der Waals surface area contributed by atoms with Gasteiger partial charge in [0.15, 0.2) is 0 Å². The summed E-state index contributed by atoms with van der Waals surface area (Å²) in [5.74, 6) is 0. The highest BCUT2D eigenvalue weighted by Gasteiger charge is 2.01. The van der Waals surface area contributed by atoms with Crippen LogP contribution in [0.25, 0.3) is 0 Å². The molecule has 0 aliphatic rings. The Balaban J connectivity index is 3.02. The van der Waals surface area contributed by atoms with E-state index in [1.54, 1.807) is 0 Å². The fraction of sp³-hybridized carbons (Fsp3) is 1.00. The van der Waals surface area contributed by atoms with E-state index in [4.69, 9.17) is 10.5 Å². The first-order chi connectivity index (χ1) is 5.31. The van der Waals surface area contributed by atoms with E-state index in [1.807, 2.05) is 6.92 Å². The van der Waals surface area contributed by atoms with E-state index in [9.17, 15) is 0 Å². The second-order valence-electron chi connectivity index (χ2n) is 3.02. The van der Waals surface area contributed by atoms with Crippen molar-refractivity contribution in [1.29, 1.82) is 0 Å². The number of hydrogen-bond donors (Lipinski definition) is 1. The lowest BCUT2D eigenvalue weighted by Gasteiger charge is -2.07. The van der Waals surface area contributed by atoms with E-state index >= 15 is 0 Å². The highest BCUT2D eigenvalue weighted by molar-refractivity contribution is 6.57. The highest BCUT2D eigenvalue weighted by atomic mass is 28.3. The molecule has 68 valence electrons. The molecule has 0 bridgehead atoms. The van der Waals surface area contributed by atoms with Crippen molar-refractivity contribution in [3.05, 3.63) is 0 Å². The molecule has 2 nitrogen and oxygen atoms in total. The van der Waals surface area contributed by atoms with Gasteiger partial charge in [0.25, 0.3) is 0 Å². The summed E-state index contributed by atoms with van der Waals surface area (Å²) in [7, 11) is -0.456. The molecule has 0 rings (SSSR count). The van der Waals surface area contributed by atoms with Crippen LogP contribution in [0.4, 0.5) is 0 Å². The molecule has 0 aromatic heterocycles. The first kappa shape index (κ1) is 11.1. The van der Waals surface area contributed by atoms with Crippen LogP contribution in [0.3, 0.4) is 0 Å². The van der Waals surface area contributed by atoms with Gasteiger partial charge in [-0.2, -0.15) is 0 Å². The molecule has 0 saturated heterocycles. The van der Waals surface area contributed by atoms with E-state index in [1.165, 1.54) is 18.5 Å². The Bertz CT molecular complexity index is 80.5. The lowest BCUT2D eigenvalue weighted by atomic mass is 10.5. The van der Waals surface area contributed by atoms with Crippen LogP contribution in [0, 0.1) is 0 Å². The Hall–Kier alpha value is 0.137. The van der Waals surface area contributed by atoms with Crippen molar-refractivity contribution in [2.75, 3.05) is 19.8 Å². The quantitative estimate of drug-likeness (QED) is 0.466.